The molecule has 0 aliphatic carbocycles. The van der Waals surface area contributed by atoms with E-state index in [4.69, 9.17) is 15.8 Å². The third kappa shape index (κ3) is 5.14. The van der Waals surface area contributed by atoms with E-state index >= 15 is 0 Å². The average Bonchev–Trinajstić information content (AvgIpc) is 2.82. The fourth-order valence-electron chi connectivity index (χ4n) is 3.41. The monoisotopic (exact) mass is 432 g/mol. The van der Waals surface area contributed by atoms with Gasteiger partial charge in [0.1, 0.15) is 12.1 Å². The number of carboxylic acid groups (broad SMARTS) is 1. The molecule has 10 nitrogen and oxygen atoms in total. The van der Waals surface area contributed by atoms with Crippen LogP contribution in [0.4, 0.5) is 13.2 Å². The van der Waals surface area contributed by atoms with Crippen LogP contribution in [-0.2, 0) is 15.0 Å². The van der Waals surface area contributed by atoms with Crippen LogP contribution in [0.2, 0.25) is 6.32 Å². The van der Waals surface area contributed by atoms with E-state index < -0.39 is 60.1 Å². The van der Waals surface area contributed by atoms with Gasteiger partial charge in [0.15, 0.2) is 0 Å². The smallest absolute Gasteiger partial charge is 0.451 e. The lowest BCUT2D eigenvalue weighted by Crippen LogP contribution is -2.63. The molecule has 0 saturated carbocycles. The maximum Gasteiger partial charge on any atom is 0.451 e. The van der Waals surface area contributed by atoms with Crippen LogP contribution in [0.15, 0.2) is 0 Å². The van der Waals surface area contributed by atoms with E-state index in [1.165, 1.54) is 0 Å². The van der Waals surface area contributed by atoms with Crippen LogP contribution < -0.4 is 11.1 Å². The first-order valence-corrected chi connectivity index (χ1v) is 10.1. The molecule has 0 bridgehead atoms. The summed E-state index contributed by atoms with van der Waals surface area (Å²) in [4.78, 5) is 11.7. The summed E-state index contributed by atoms with van der Waals surface area (Å²) in [6, 6.07) is -0.882. The number of nitrogens with two attached hydrogens (primary N) is 1. The molecule has 0 amide bonds. The molecule has 0 unspecified atom stereocenters. The molecule has 2 aliphatic heterocycles. The van der Waals surface area contributed by atoms with Gasteiger partial charge in [0.2, 0.25) is 0 Å². The first-order chi connectivity index (χ1) is 12.8. The Morgan fingerprint density at radius 2 is 1.96 bits per heavy atom. The van der Waals surface area contributed by atoms with Crippen LogP contribution in [-0.4, -0.2) is 95.8 Å². The Morgan fingerprint density at radius 1 is 1.36 bits per heavy atom. The van der Waals surface area contributed by atoms with E-state index in [1.807, 2.05) is 0 Å². The van der Waals surface area contributed by atoms with E-state index in [1.54, 1.807) is 0 Å². The number of hydrogen-bond donors (Lipinski definition) is 5. The topological polar surface area (TPSA) is 156 Å². The Morgan fingerprint density at radius 3 is 2.39 bits per heavy atom. The van der Waals surface area contributed by atoms with Crippen molar-refractivity contribution in [1.82, 2.24) is 13.9 Å². The molecule has 0 aromatic heterocycles. The molecule has 15 heteroatoms. The number of halogens is 3. The van der Waals surface area contributed by atoms with Gasteiger partial charge in [-0.05, 0) is 12.7 Å². The molecule has 28 heavy (non-hydrogen) atoms. The summed E-state index contributed by atoms with van der Waals surface area (Å²) in [5.74, 6) is -2.35. The van der Waals surface area contributed by atoms with Crippen molar-refractivity contribution in [3.63, 3.8) is 0 Å². The minimum absolute atomic E-state index is 0.0626. The van der Waals surface area contributed by atoms with Gasteiger partial charge in [-0.1, -0.05) is 6.42 Å². The third-order valence-electron chi connectivity index (χ3n) is 5.13. The van der Waals surface area contributed by atoms with Crippen molar-refractivity contribution in [2.75, 3.05) is 32.7 Å². The maximum absolute atomic E-state index is 12.9. The number of alkyl halides is 3. The van der Waals surface area contributed by atoms with Gasteiger partial charge >= 0.3 is 19.3 Å². The standard InChI is InChI=1S/C13H24BF3N4O6S/c15-13(16,17)8-21(10-4-19-5-10)28(26,27)20-6-9(2-1-3-14(24)25)12(18,7-20)11(22)23/h9-10,19,24-25H,1-8,18H2,(H,22,23)/t9-,12-/m0/s1. The number of carbonyl (C=O) groups is 1. The van der Waals surface area contributed by atoms with Gasteiger partial charge in [0.25, 0.3) is 10.2 Å². The molecule has 0 radical (unpaired) electrons. The first-order valence-electron chi connectivity index (χ1n) is 8.70. The minimum atomic E-state index is -4.76. The SMILES string of the molecule is N[C@@]1(C(=O)O)CN(S(=O)(=O)N(CC(F)(F)F)C2CNC2)C[C@@H]1CCCB(O)O. The van der Waals surface area contributed by atoms with E-state index in [0.29, 0.717) is 8.61 Å². The van der Waals surface area contributed by atoms with E-state index in [-0.39, 0.29) is 38.8 Å². The van der Waals surface area contributed by atoms with Crippen molar-refractivity contribution < 1.29 is 41.5 Å². The molecule has 0 aromatic rings. The van der Waals surface area contributed by atoms with Gasteiger partial charge in [0, 0.05) is 32.1 Å². The summed E-state index contributed by atoms with van der Waals surface area (Å²) in [5, 5.41) is 30.0. The number of rotatable bonds is 9. The lowest BCUT2D eigenvalue weighted by molar-refractivity contribution is -0.144. The van der Waals surface area contributed by atoms with Crippen molar-refractivity contribution in [2.24, 2.45) is 11.7 Å². The second kappa shape index (κ2) is 8.42. The minimum Gasteiger partial charge on any atom is -0.480 e. The first kappa shape index (κ1) is 23.3. The van der Waals surface area contributed by atoms with Gasteiger partial charge in [-0.25, -0.2) is 0 Å². The van der Waals surface area contributed by atoms with Crippen LogP contribution in [0.1, 0.15) is 12.8 Å². The fraction of sp³-hybridized carbons (Fsp3) is 0.923. The predicted molar refractivity (Wildman–Crippen MR) is 92.2 cm³/mol. The Balaban J connectivity index is 2.22. The molecular weight excluding hydrogens is 408 g/mol. The van der Waals surface area contributed by atoms with Crippen LogP contribution >= 0.6 is 0 Å². The number of aliphatic carboxylic acids is 1. The number of nitrogens with zero attached hydrogens (tertiary/aromatic N) is 2. The fourth-order valence-corrected chi connectivity index (χ4v) is 5.29. The highest BCUT2D eigenvalue weighted by molar-refractivity contribution is 7.86. The van der Waals surface area contributed by atoms with Gasteiger partial charge in [-0.3, -0.25) is 4.79 Å². The van der Waals surface area contributed by atoms with E-state index in [9.17, 15) is 31.5 Å². The van der Waals surface area contributed by atoms with Crippen LogP contribution in [0, 0.1) is 5.92 Å². The lowest BCUT2D eigenvalue weighted by atomic mass is 9.78. The summed E-state index contributed by atoms with van der Waals surface area (Å²) in [6.45, 7) is -2.57. The van der Waals surface area contributed by atoms with E-state index in [0.717, 1.165) is 0 Å². The number of nitrogens with one attached hydrogen (secondary N) is 1. The second-order valence-electron chi connectivity index (χ2n) is 7.23. The summed E-state index contributed by atoms with van der Waals surface area (Å²) in [5.41, 5.74) is 3.94. The highest BCUT2D eigenvalue weighted by atomic mass is 32.2. The largest absolute Gasteiger partial charge is 0.480 e. The zero-order chi connectivity index (χ0) is 21.3. The Bertz CT molecular complexity index is 678. The van der Waals surface area contributed by atoms with Crippen molar-refractivity contribution in [3.8, 4) is 0 Å². The lowest BCUT2D eigenvalue weighted by Gasteiger charge is -2.39. The zero-order valence-electron chi connectivity index (χ0n) is 15.0. The highest BCUT2D eigenvalue weighted by Gasteiger charge is 2.55. The molecule has 2 aliphatic rings. The van der Waals surface area contributed by atoms with E-state index in [2.05, 4.69) is 5.32 Å². The maximum atomic E-state index is 12.9. The molecule has 6 N–H and O–H groups in total. The number of carboxylic acids is 1. The van der Waals surface area contributed by atoms with Crippen LogP contribution in [0.25, 0.3) is 0 Å². The summed E-state index contributed by atoms with van der Waals surface area (Å²) in [7, 11) is -6.21. The van der Waals surface area contributed by atoms with Crippen molar-refractivity contribution >= 4 is 23.3 Å². The van der Waals surface area contributed by atoms with Gasteiger partial charge in [-0.2, -0.15) is 30.2 Å². The average molecular weight is 432 g/mol. The van der Waals surface area contributed by atoms with Crippen molar-refractivity contribution in [3.05, 3.63) is 0 Å². The molecule has 2 rings (SSSR count). The summed E-state index contributed by atoms with van der Waals surface area (Å²) in [6.07, 6.45) is -4.57. The third-order valence-corrected chi connectivity index (χ3v) is 7.08. The molecule has 0 aromatic carbocycles. The van der Waals surface area contributed by atoms with Gasteiger partial charge in [-0.15, -0.1) is 0 Å². The highest BCUT2D eigenvalue weighted by Crippen LogP contribution is 2.34. The van der Waals surface area contributed by atoms with Gasteiger partial charge in [0.05, 0.1) is 6.04 Å². The normalized spacial score (nSPS) is 27.2. The quantitative estimate of drug-likeness (QED) is 0.263. The molecular formula is C13H24BF3N4O6S. The van der Waals surface area contributed by atoms with Crippen molar-refractivity contribution in [2.45, 2.75) is 36.9 Å². The molecule has 2 heterocycles. The number of hydrogen-bond acceptors (Lipinski definition) is 7. The predicted octanol–water partition coefficient (Wildman–Crippen LogP) is -1.97. The molecule has 162 valence electrons. The Kier molecular flexibility index (Phi) is 7.01. The zero-order valence-corrected chi connectivity index (χ0v) is 15.8. The molecule has 2 saturated heterocycles. The van der Waals surface area contributed by atoms with Crippen molar-refractivity contribution in [1.29, 1.82) is 0 Å². The molecule has 0 spiro atoms. The summed E-state index contributed by atoms with van der Waals surface area (Å²) < 4.78 is 65.6. The Labute approximate surface area is 160 Å². The Hall–Kier alpha value is -0.965. The second-order valence-corrected chi connectivity index (χ2v) is 9.11. The molecule has 2 fully saturated rings. The van der Waals surface area contributed by atoms with Gasteiger partial charge < -0.3 is 26.2 Å². The van der Waals surface area contributed by atoms with Crippen LogP contribution in [0.5, 0.6) is 0 Å². The summed E-state index contributed by atoms with van der Waals surface area (Å²) >= 11 is 0. The van der Waals surface area contributed by atoms with Crippen LogP contribution in [0.3, 0.4) is 0 Å². The molecule has 2 atom stereocenters.